The Bertz CT molecular complexity index is 1930. The summed E-state index contributed by atoms with van der Waals surface area (Å²) < 4.78 is 88.1. The van der Waals surface area contributed by atoms with Crippen LogP contribution in [0.15, 0.2) is 31.2 Å². The number of nitrogens with two attached hydrogens (primary N) is 2. The summed E-state index contributed by atoms with van der Waals surface area (Å²) in [5.41, 5.74) is 11.5. The van der Waals surface area contributed by atoms with Gasteiger partial charge in [-0.2, -0.15) is 0 Å². The molecule has 22 heteroatoms. The lowest BCUT2D eigenvalue weighted by atomic mass is 10.0. The molecule has 2 aliphatic carbocycles. The van der Waals surface area contributed by atoms with E-state index in [2.05, 4.69) is 24.9 Å². The normalized spacial score (nSPS) is 41.7. The van der Waals surface area contributed by atoms with Gasteiger partial charge in [-0.3, -0.25) is 22.7 Å². The Labute approximate surface area is 250 Å². The number of hydrogen-bond acceptors (Lipinski definition) is 14. The SMILES string of the molecule is Nc1ncnc2c1ncn2[C@H]1[C@H](F)[C@@H]2OP(=O)(O)OC[C@H]3O[C@@H](n4cnc5c(N)ccnc54)[C@H](F)[C@@H]3OP(=O)(O)OCC23C[C@H]13. The molecule has 4 aromatic rings. The van der Waals surface area contributed by atoms with Gasteiger partial charge in [0, 0.05) is 11.6 Å². The van der Waals surface area contributed by atoms with E-state index in [-0.39, 0.29) is 40.3 Å². The van der Waals surface area contributed by atoms with Crippen LogP contribution in [0.1, 0.15) is 18.7 Å². The molecule has 11 atom stereocenters. The van der Waals surface area contributed by atoms with Crippen LogP contribution in [-0.4, -0.2) is 87.7 Å². The monoisotopic (exact) mass is 671 g/mol. The summed E-state index contributed by atoms with van der Waals surface area (Å²) in [4.78, 5) is 41.9. The van der Waals surface area contributed by atoms with E-state index in [0.29, 0.717) is 0 Å². The van der Waals surface area contributed by atoms with Gasteiger partial charge in [-0.25, -0.2) is 42.8 Å². The van der Waals surface area contributed by atoms with E-state index in [1.54, 1.807) is 0 Å². The number of rotatable bonds is 2. The van der Waals surface area contributed by atoms with Crippen LogP contribution in [0.2, 0.25) is 0 Å². The zero-order chi connectivity index (χ0) is 31.5. The van der Waals surface area contributed by atoms with Gasteiger partial charge in [0.25, 0.3) is 0 Å². The molecule has 4 fully saturated rings. The third-order valence-electron chi connectivity index (χ3n) is 8.91. The molecule has 18 nitrogen and oxygen atoms in total. The average Bonchev–Trinajstić information content (AvgIpc) is 3.27. The van der Waals surface area contributed by atoms with E-state index in [4.69, 9.17) is 34.3 Å². The highest BCUT2D eigenvalue weighted by molar-refractivity contribution is 7.47. The first-order chi connectivity index (χ1) is 21.4. The number of hydrogen-bond donors (Lipinski definition) is 4. The van der Waals surface area contributed by atoms with E-state index in [1.807, 2.05) is 0 Å². The highest BCUT2D eigenvalue weighted by Gasteiger charge is 2.75. The first-order valence-electron chi connectivity index (χ1n) is 13.6. The Morgan fingerprint density at radius 3 is 2.49 bits per heavy atom. The van der Waals surface area contributed by atoms with Crippen LogP contribution in [0.4, 0.5) is 20.3 Å². The number of alkyl halides is 2. The van der Waals surface area contributed by atoms with Crippen molar-refractivity contribution >= 4 is 49.5 Å². The number of fused-ring (bicyclic) bond motifs is 3. The smallest absolute Gasteiger partial charge is 0.397 e. The molecule has 8 rings (SSSR count). The van der Waals surface area contributed by atoms with Gasteiger partial charge in [0.1, 0.15) is 41.8 Å². The van der Waals surface area contributed by atoms with Crippen molar-refractivity contribution in [2.24, 2.45) is 11.3 Å². The minimum atomic E-state index is -5.05. The summed E-state index contributed by atoms with van der Waals surface area (Å²) >= 11 is 0. The molecule has 6 heterocycles. The number of halogens is 2. The van der Waals surface area contributed by atoms with Gasteiger partial charge in [0.2, 0.25) is 0 Å². The molecule has 2 saturated carbocycles. The number of aromatic nitrogens is 7. The molecule has 4 aliphatic rings. The first-order valence-corrected chi connectivity index (χ1v) is 16.6. The van der Waals surface area contributed by atoms with Crippen molar-refractivity contribution in [2.45, 2.75) is 49.3 Å². The molecule has 2 saturated heterocycles. The van der Waals surface area contributed by atoms with E-state index in [0.717, 1.165) is 0 Å². The minimum absolute atomic E-state index is 0.0677. The van der Waals surface area contributed by atoms with Crippen LogP contribution in [0.25, 0.3) is 22.3 Å². The Hall–Kier alpha value is -3.19. The maximum atomic E-state index is 16.2. The van der Waals surface area contributed by atoms with Crippen LogP contribution >= 0.6 is 15.6 Å². The highest BCUT2D eigenvalue weighted by Crippen LogP contribution is 2.72. The summed E-state index contributed by atoms with van der Waals surface area (Å²) in [6.07, 6.45) is -5.34. The topological polar surface area (TPSA) is 247 Å². The summed E-state index contributed by atoms with van der Waals surface area (Å²) in [6.45, 7) is -1.48. The van der Waals surface area contributed by atoms with Crippen molar-refractivity contribution in [1.82, 2.24) is 34.1 Å². The predicted octanol–water partition coefficient (Wildman–Crippen LogP) is 1.59. The molecular formula is C23H25F2N9O9P2. The van der Waals surface area contributed by atoms with E-state index < -0.39 is 83.1 Å². The molecule has 6 N–H and O–H groups in total. The Morgan fingerprint density at radius 1 is 0.933 bits per heavy atom. The zero-order valence-corrected chi connectivity index (χ0v) is 24.6. The summed E-state index contributed by atoms with van der Waals surface area (Å²) in [7, 11) is -10.1. The van der Waals surface area contributed by atoms with Crippen LogP contribution < -0.4 is 11.5 Å². The Balaban J connectivity index is 1.10. The van der Waals surface area contributed by atoms with E-state index >= 15 is 8.78 Å². The zero-order valence-electron chi connectivity index (χ0n) is 22.8. The predicted molar refractivity (Wildman–Crippen MR) is 146 cm³/mol. The first kappa shape index (κ1) is 29.2. The van der Waals surface area contributed by atoms with Gasteiger partial charge < -0.3 is 30.6 Å². The fraction of sp³-hybridized carbons (Fsp3) is 0.522. The van der Waals surface area contributed by atoms with Gasteiger partial charge in [-0.05, 0) is 18.4 Å². The standard InChI is InChI=1S/C23H25F2N9O9P2/c24-12-16(33-7-32-15-19(27)29-6-30-21(15)33)9-3-23(9)5-40-45(37,38)42-17-11(4-39-44(35,36)43-18(12)23)41-22(13(17)25)34-8-31-14-10(26)1-2-28-20(14)34/h1-2,6-9,11-13,16-18,22H,3-5H2,(H2,26,28)(H,35,36)(H,37,38)(H2,27,29,30)/t9-,11-,12+,13-,16-,17-,18+,22-,23?/m1/s1. The molecule has 0 radical (unpaired) electrons. The van der Waals surface area contributed by atoms with Crippen molar-refractivity contribution in [2.75, 3.05) is 24.7 Å². The van der Waals surface area contributed by atoms with Crippen LogP contribution in [0.3, 0.4) is 0 Å². The van der Waals surface area contributed by atoms with Crippen molar-refractivity contribution < 1.29 is 50.5 Å². The Morgan fingerprint density at radius 2 is 1.67 bits per heavy atom. The van der Waals surface area contributed by atoms with Gasteiger partial charge in [-0.15, -0.1) is 0 Å². The lowest BCUT2D eigenvalue weighted by molar-refractivity contribution is -0.0591. The number of imidazole rings is 2. The fourth-order valence-corrected chi connectivity index (χ4v) is 8.78. The molecule has 3 unspecified atom stereocenters. The second-order valence-electron chi connectivity index (χ2n) is 11.4. The molecule has 0 amide bonds. The van der Waals surface area contributed by atoms with Crippen LogP contribution in [0, 0.1) is 11.3 Å². The van der Waals surface area contributed by atoms with Gasteiger partial charge >= 0.3 is 15.6 Å². The molecule has 0 aromatic carbocycles. The molecule has 240 valence electrons. The lowest BCUT2D eigenvalue weighted by Gasteiger charge is -2.30. The number of phosphoric acid groups is 2. The van der Waals surface area contributed by atoms with Gasteiger partial charge in [0.05, 0.1) is 37.6 Å². The maximum absolute atomic E-state index is 16.2. The van der Waals surface area contributed by atoms with E-state index in [9.17, 15) is 18.9 Å². The average molecular weight is 671 g/mol. The number of nitrogen functional groups attached to an aromatic ring is 2. The van der Waals surface area contributed by atoms with Gasteiger partial charge in [0.15, 0.2) is 29.5 Å². The van der Waals surface area contributed by atoms with Crippen molar-refractivity contribution in [3.63, 3.8) is 0 Å². The number of pyridine rings is 1. The van der Waals surface area contributed by atoms with Crippen LogP contribution in [-0.2, 0) is 32.0 Å². The molecule has 1 spiro atoms. The summed E-state index contributed by atoms with van der Waals surface area (Å²) in [6, 6.07) is 0.462. The molecule has 45 heavy (non-hydrogen) atoms. The molecule has 4 aromatic heterocycles. The second-order valence-corrected chi connectivity index (χ2v) is 14.2. The highest BCUT2D eigenvalue weighted by atomic mass is 31.2. The minimum Gasteiger partial charge on any atom is -0.397 e. The number of phosphoric ester groups is 2. The number of ether oxygens (including phenoxy) is 1. The fourth-order valence-electron chi connectivity index (χ4n) is 6.75. The number of anilines is 2. The van der Waals surface area contributed by atoms with E-state index in [1.165, 1.54) is 40.4 Å². The number of nitrogens with zero attached hydrogens (tertiary/aromatic N) is 7. The Kier molecular flexibility index (Phi) is 6.43. The quantitative estimate of drug-likeness (QED) is 0.221. The van der Waals surface area contributed by atoms with Crippen molar-refractivity contribution in [1.29, 1.82) is 0 Å². The van der Waals surface area contributed by atoms with Crippen molar-refractivity contribution in [3.05, 3.63) is 31.2 Å². The molecule has 0 bridgehead atoms. The van der Waals surface area contributed by atoms with Crippen molar-refractivity contribution in [3.8, 4) is 0 Å². The molecular weight excluding hydrogens is 646 g/mol. The third kappa shape index (κ3) is 4.50. The van der Waals surface area contributed by atoms with Crippen LogP contribution in [0.5, 0.6) is 0 Å². The maximum Gasteiger partial charge on any atom is 0.472 e. The third-order valence-corrected chi connectivity index (χ3v) is 10.8. The molecule has 2 aliphatic heterocycles. The largest absolute Gasteiger partial charge is 0.472 e. The second kappa shape index (κ2) is 9.90. The summed E-state index contributed by atoms with van der Waals surface area (Å²) in [5.74, 6) is -0.553. The summed E-state index contributed by atoms with van der Waals surface area (Å²) in [5, 5.41) is 0. The van der Waals surface area contributed by atoms with Gasteiger partial charge in [-0.1, -0.05) is 0 Å². The lowest BCUT2D eigenvalue weighted by Crippen LogP contribution is -2.38.